The highest BCUT2D eigenvalue weighted by Gasteiger charge is 2.18. The largest absolute Gasteiger partial charge is 0.493 e. The highest BCUT2D eigenvalue weighted by molar-refractivity contribution is 5.97. The number of nitrogens with zero attached hydrogens (tertiary/aromatic N) is 1. The zero-order valence-corrected chi connectivity index (χ0v) is 18.3. The fraction of sp³-hybridized carbons (Fsp3) is 0.154. The summed E-state index contributed by atoms with van der Waals surface area (Å²) >= 11 is 0. The van der Waals surface area contributed by atoms with Gasteiger partial charge in [-0.2, -0.15) is 0 Å². The van der Waals surface area contributed by atoms with Crippen LogP contribution in [0.5, 0.6) is 5.75 Å². The van der Waals surface area contributed by atoms with E-state index in [1.54, 1.807) is 12.4 Å². The summed E-state index contributed by atoms with van der Waals surface area (Å²) in [5.74, 6) is -1.72. The molecule has 0 bridgehead atoms. The summed E-state index contributed by atoms with van der Waals surface area (Å²) < 4.78 is 33.5. The summed E-state index contributed by atoms with van der Waals surface area (Å²) in [7, 11) is 1.35. The predicted octanol–water partition coefficient (Wildman–Crippen LogP) is 5.83. The van der Waals surface area contributed by atoms with Crippen molar-refractivity contribution in [3.63, 3.8) is 0 Å². The molecule has 5 nitrogen and oxygen atoms in total. The Labute approximate surface area is 190 Å². The van der Waals surface area contributed by atoms with Crippen LogP contribution in [-0.4, -0.2) is 23.0 Å². The van der Waals surface area contributed by atoms with E-state index in [-0.39, 0.29) is 11.7 Å². The van der Waals surface area contributed by atoms with Gasteiger partial charge in [-0.3, -0.25) is 4.79 Å². The van der Waals surface area contributed by atoms with E-state index in [4.69, 9.17) is 4.74 Å². The molecule has 0 unspecified atom stereocenters. The number of H-pyrrole nitrogens is 1. The maximum Gasteiger partial charge on any atom is 0.247 e. The second-order valence-corrected chi connectivity index (χ2v) is 7.73. The summed E-state index contributed by atoms with van der Waals surface area (Å²) in [5.41, 5.74) is 5.28. The molecule has 168 valence electrons. The van der Waals surface area contributed by atoms with Gasteiger partial charge in [0.15, 0.2) is 11.6 Å². The number of allylic oxidation sites excluding steroid dienone is 5. The van der Waals surface area contributed by atoms with E-state index >= 15 is 0 Å². The molecule has 0 fully saturated rings. The van der Waals surface area contributed by atoms with Crippen molar-refractivity contribution in [2.75, 3.05) is 7.11 Å². The van der Waals surface area contributed by atoms with Gasteiger partial charge in [0, 0.05) is 40.7 Å². The summed E-state index contributed by atoms with van der Waals surface area (Å²) in [6.45, 7) is 5.46. The number of hydrogen-bond donors (Lipinski definition) is 2. The minimum atomic E-state index is -0.763. The number of nitrogens with one attached hydrogen (secondary N) is 2. The lowest BCUT2D eigenvalue weighted by Crippen LogP contribution is -2.20. The standard InChI is InChI=1S/C26H23F2N3O2/c1-4-24(32)31-23-7-5-6-16(9-8-15(23)2)17-10-20-21(14-30-26(20)29-13-17)19-11-18(27)12-22(28)25(19)33-3/h4-7,10-14H,1,8-9H2,2-3H3,(H,29,30)(H,31,32). The number of ether oxygens (including phenoxy) is 1. The monoisotopic (exact) mass is 447 g/mol. The molecule has 4 rings (SSSR count). The summed E-state index contributed by atoms with van der Waals surface area (Å²) in [4.78, 5) is 19.2. The third kappa shape index (κ3) is 4.48. The number of carbonyl (C=O) groups excluding carboxylic acids is 1. The first-order chi connectivity index (χ1) is 15.9. The lowest BCUT2D eigenvalue weighted by Gasteiger charge is -2.14. The Morgan fingerprint density at radius 3 is 2.82 bits per heavy atom. The Bertz CT molecular complexity index is 1350. The third-order valence-electron chi connectivity index (χ3n) is 5.64. The van der Waals surface area contributed by atoms with Crippen LogP contribution < -0.4 is 10.1 Å². The van der Waals surface area contributed by atoms with Crippen molar-refractivity contribution in [2.24, 2.45) is 0 Å². The lowest BCUT2D eigenvalue weighted by atomic mass is 9.95. The molecule has 2 aromatic heterocycles. The first-order valence-corrected chi connectivity index (χ1v) is 10.4. The number of methoxy groups -OCH3 is 1. The fourth-order valence-corrected chi connectivity index (χ4v) is 3.89. The van der Waals surface area contributed by atoms with Gasteiger partial charge in [0.25, 0.3) is 0 Å². The number of rotatable bonds is 5. The Morgan fingerprint density at radius 1 is 1.24 bits per heavy atom. The van der Waals surface area contributed by atoms with Crippen LogP contribution >= 0.6 is 0 Å². The molecule has 0 aliphatic heterocycles. The SMILES string of the molecule is C=CC(=O)NC1=C(C)CCC(c2cnc3[nH]cc(-c4cc(F)cc(F)c4OC)c3c2)=CC=C1. The van der Waals surface area contributed by atoms with Gasteiger partial charge in [-0.15, -0.1) is 0 Å². The Morgan fingerprint density at radius 2 is 2.06 bits per heavy atom. The number of hydrogen-bond acceptors (Lipinski definition) is 3. The molecule has 0 atom stereocenters. The lowest BCUT2D eigenvalue weighted by molar-refractivity contribution is -0.115. The molecule has 2 heterocycles. The quantitative estimate of drug-likeness (QED) is 0.484. The zero-order valence-electron chi connectivity index (χ0n) is 18.3. The minimum absolute atomic E-state index is 0.0225. The first kappa shape index (κ1) is 22.2. The first-order valence-electron chi connectivity index (χ1n) is 10.4. The second kappa shape index (κ2) is 9.24. The van der Waals surface area contributed by atoms with Crippen LogP contribution in [0.4, 0.5) is 8.78 Å². The highest BCUT2D eigenvalue weighted by atomic mass is 19.1. The number of aromatic amines is 1. The van der Waals surface area contributed by atoms with E-state index in [2.05, 4.69) is 21.9 Å². The van der Waals surface area contributed by atoms with Crippen LogP contribution in [0.25, 0.3) is 27.7 Å². The molecule has 0 radical (unpaired) electrons. The van der Waals surface area contributed by atoms with E-state index in [0.29, 0.717) is 16.8 Å². The van der Waals surface area contributed by atoms with Gasteiger partial charge in [-0.25, -0.2) is 13.8 Å². The van der Waals surface area contributed by atoms with Gasteiger partial charge in [-0.05, 0) is 60.8 Å². The van der Waals surface area contributed by atoms with Crippen molar-refractivity contribution in [2.45, 2.75) is 19.8 Å². The Kier molecular flexibility index (Phi) is 6.22. The van der Waals surface area contributed by atoms with Gasteiger partial charge in [0.2, 0.25) is 5.91 Å². The number of pyridine rings is 1. The van der Waals surface area contributed by atoms with E-state index < -0.39 is 11.6 Å². The van der Waals surface area contributed by atoms with E-state index in [0.717, 1.165) is 46.7 Å². The molecular weight excluding hydrogens is 424 g/mol. The molecule has 3 aromatic rings. The van der Waals surface area contributed by atoms with Gasteiger partial charge >= 0.3 is 0 Å². The topological polar surface area (TPSA) is 67.0 Å². The maximum absolute atomic E-state index is 14.3. The van der Waals surface area contributed by atoms with Crippen LogP contribution in [0, 0.1) is 11.6 Å². The van der Waals surface area contributed by atoms with E-state index in [1.165, 1.54) is 19.3 Å². The fourth-order valence-electron chi connectivity index (χ4n) is 3.89. The van der Waals surface area contributed by atoms with Crippen molar-refractivity contribution in [3.8, 4) is 16.9 Å². The average molecular weight is 447 g/mol. The second-order valence-electron chi connectivity index (χ2n) is 7.73. The van der Waals surface area contributed by atoms with Crippen LogP contribution in [0.1, 0.15) is 25.3 Å². The molecule has 2 N–H and O–H groups in total. The molecule has 33 heavy (non-hydrogen) atoms. The molecule has 1 amide bonds. The third-order valence-corrected chi connectivity index (χ3v) is 5.64. The van der Waals surface area contributed by atoms with Crippen LogP contribution in [-0.2, 0) is 4.79 Å². The number of fused-ring (bicyclic) bond motifs is 1. The number of amides is 1. The van der Waals surface area contributed by atoms with E-state index in [1.807, 2.05) is 31.2 Å². The summed E-state index contributed by atoms with van der Waals surface area (Å²) in [6.07, 6.45) is 11.9. The van der Waals surface area contributed by atoms with Gasteiger partial charge < -0.3 is 15.0 Å². The van der Waals surface area contributed by atoms with Crippen molar-refractivity contribution in [3.05, 3.63) is 89.9 Å². The molecule has 7 heteroatoms. The minimum Gasteiger partial charge on any atom is -0.493 e. The highest BCUT2D eigenvalue weighted by Crippen LogP contribution is 2.38. The van der Waals surface area contributed by atoms with Gasteiger partial charge in [0.05, 0.1) is 7.11 Å². The van der Waals surface area contributed by atoms with Crippen molar-refractivity contribution < 1.29 is 18.3 Å². The predicted molar refractivity (Wildman–Crippen MR) is 125 cm³/mol. The van der Waals surface area contributed by atoms with E-state index in [9.17, 15) is 13.6 Å². The molecule has 1 aliphatic carbocycles. The zero-order chi connectivity index (χ0) is 23.5. The molecular formula is C26H23F2N3O2. The average Bonchev–Trinajstić information content (AvgIpc) is 3.21. The molecule has 1 aromatic carbocycles. The number of halogens is 2. The van der Waals surface area contributed by atoms with Crippen molar-refractivity contribution in [1.82, 2.24) is 15.3 Å². The molecule has 0 saturated carbocycles. The molecule has 1 aliphatic rings. The number of benzene rings is 1. The van der Waals surface area contributed by atoms with Crippen LogP contribution in [0.15, 0.2) is 72.7 Å². The molecule has 0 spiro atoms. The maximum atomic E-state index is 14.3. The number of carbonyl (C=O) groups is 1. The van der Waals surface area contributed by atoms with Gasteiger partial charge in [0.1, 0.15) is 11.5 Å². The van der Waals surface area contributed by atoms with Crippen LogP contribution in [0.3, 0.4) is 0 Å². The van der Waals surface area contributed by atoms with Crippen molar-refractivity contribution in [1.29, 1.82) is 0 Å². The molecule has 0 saturated heterocycles. The Balaban J connectivity index is 1.73. The Hall–Kier alpha value is -4.00. The van der Waals surface area contributed by atoms with Crippen LogP contribution in [0.2, 0.25) is 0 Å². The normalized spacial score (nSPS) is 14.0. The van der Waals surface area contributed by atoms with Gasteiger partial charge in [-0.1, -0.05) is 18.7 Å². The summed E-state index contributed by atoms with van der Waals surface area (Å²) in [5, 5.41) is 3.55. The smallest absolute Gasteiger partial charge is 0.247 e. The van der Waals surface area contributed by atoms with Crippen molar-refractivity contribution >= 4 is 22.5 Å². The summed E-state index contributed by atoms with van der Waals surface area (Å²) in [6, 6.07) is 4.01. The number of aromatic nitrogens is 2.